The topological polar surface area (TPSA) is 46.5 Å². The summed E-state index contributed by atoms with van der Waals surface area (Å²) in [5.74, 6) is -0.212. The third-order valence-corrected chi connectivity index (χ3v) is 4.49. The average Bonchev–Trinajstić information content (AvgIpc) is 2.71. The molecule has 0 atom stereocenters. The highest BCUT2D eigenvalue weighted by molar-refractivity contribution is 5.68. The zero-order valence-electron chi connectivity index (χ0n) is 15.4. The standard InChI is InChI=1S/C23H19F3O3/c24-23(25,26)19-10-8-17(9-11-19)21-4-2-1-3-18(21)15-29-20-12-5-16(6-13-20)7-14-22(27)28/h1-6,8-13H,7,14-15H2,(H,27,28). The summed E-state index contributed by atoms with van der Waals surface area (Å²) in [5, 5.41) is 8.73. The molecule has 0 saturated heterocycles. The van der Waals surface area contributed by atoms with Crippen molar-refractivity contribution in [1.82, 2.24) is 0 Å². The lowest BCUT2D eigenvalue weighted by Crippen LogP contribution is -2.04. The molecule has 3 aromatic rings. The minimum Gasteiger partial charge on any atom is -0.489 e. The van der Waals surface area contributed by atoms with E-state index in [9.17, 15) is 18.0 Å². The van der Waals surface area contributed by atoms with Gasteiger partial charge in [-0.1, -0.05) is 48.5 Å². The van der Waals surface area contributed by atoms with Gasteiger partial charge in [0.25, 0.3) is 0 Å². The Balaban J connectivity index is 1.70. The van der Waals surface area contributed by atoms with Crippen LogP contribution in [0.3, 0.4) is 0 Å². The van der Waals surface area contributed by atoms with Crippen molar-refractivity contribution in [3.05, 3.63) is 89.5 Å². The maximum atomic E-state index is 12.8. The number of carbonyl (C=O) groups is 1. The van der Waals surface area contributed by atoms with Gasteiger partial charge in [0.05, 0.1) is 5.56 Å². The number of hydrogen-bond donors (Lipinski definition) is 1. The Morgan fingerprint density at radius 3 is 2.17 bits per heavy atom. The molecule has 0 bridgehead atoms. The summed E-state index contributed by atoms with van der Waals surface area (Å²) in [4.78, 5) is 10.6. The molecule has 0 radical (unpaired) electrons. The van der Waals surface area contributed by atoms with Gasteiger partial charge in [-0.25, -0.2) is 0 Å². The maximum Gasteiger partial charge on any atom is 0.416 e. The molecular weight excluding hydrogens is 381 g/mol. The molecule has 0 fully saturated rings. The number of carboxylic acid groups (broad SMARTS) is 1. The van der Waals surface area contributed by atoms with Crippen molar-refractivity contribution in [3.63, 3.8) is 0 Å². The van der Waals surface area contributed by atoms with Gasteiger partial charge in [0.1, 0.15) is 12.4 Å². The molecule has 3 aromatic carbocycles. The van der Waals surface area contributed by atoms with E-state index in [0.29, 0.717) is 17.7 Å². The Hall–Kier alpha value is -3.28. The van der Waals surface area contributed by atoms with E-state index in [1.54, 1.807) is 12.1 Å². The number of rotatable bonds is 7. The lowest BCUT2D eigenvalue weighted by atomic mass is 9.99. The molecule has 0 aliphatic heterocycles. The zero-order valence-corrected chi connectivity index (χ0v) is 15.4. The van der Waals surface area contributed by atoms with Crippen LogP contribution in [0.2, 0.25) is 0 Å². The molecule has 3 rings (SSSR count). The number of benzene rings is 3. The smallest absolute Gasteiger partial charge is 0.416 e. The van der Waals surface area contributed by atoms with Gasteiger partial charge in [0.2, 0.25) is 0 Å². The summed E-state index contributed by atoms with van der Waals surface area (Å²) in [6, 6.07) is 19.6. The Morgan fingerprint density at radius 2 is 1.55 bits per heavy atom. The van der Waals surface area contributed by atoms with Crippen LogP contribution in [0.4, 0.5) is 13.2 Å². The molecule has 0 heterocycles. The van der Waals surface area contributed by atoms with Crippen LogP contribution in [-0.4, -0.2) is 11.1 Å². The van der Waals surface area contributed by atoms with Crippen LogP contribution in [0.15, 0.2) is 72.8 Å². The fourth-order valence-electron chi connectivity index (χ4n) is 2.93. The van der Waals surface area contributed by atoms with E-state index < -0.39 is 17.7 Å². The molecular formula is C23H19F3O3. The zero-order chi connectivity index (χ0) is 20.9. The molecule has 3 nitrogen and oxygen atoms in total. The van der Waals surface area contributed by atoms with E-state index >= 15 is 0 Å². The third-order valence-electron chi connectivity index (χ3n) is 4.49. The second-order valence-electron chi connectivity index (χ2n) is 6.56. The quantitative estimate of drug-likeness (QED) is 0.532. The van der Waals surface area contributed by atoms with Crippen molar-refractivity contribution < 1.29 is 27.8 Å². The predicted molar refractivity (Wildman–Crippen MR) is 104 cm³/mol. The van der Waals surface area contributed by atoms with E-state index in [-0.39, 0.29) is 13.0 Å². The molecule has 0 aliphatic carbocycles. The van der Waals surface area contributed by atoms with Crippen LogP contribution >= 0.6 is 0 Å². The highest BCUT2D eigenvalue weighted by Gasteiger charge is 2.30. The molecule has 0 aromatic heterocycles. The summed E-state index contributed by atoms with van der Waals surface area (Å²) in [6.07, 6.45) is -3.84. The van der Waals surface area contributed by atoms with Gasteiger partial charge < -0.3 is 9.84 Å². The van der Waals surface area contributed by atoms with Crippen molar-refractivity contribution in [2.45, 2.75) is 25.6 Å². The number of aryl methyl sites for hydroxylation is 1. The first-order valence-electron chi connectivity index (χ1n) is 9.02. The van der Waals surface area contributed by atoms with Crippen molar-refractivity contribution in [2.24, 2.45) is 0 Å². The van der Waals surface area contributed by atoms with Crippen molar-refractivity contribution >= 4 is 5.97 Å². The molecule has 0 unspecified atom stereocenters. The first-order chi connectivity index (χ1) is 13.8. The normalized spacial score (nSPS) is 11.3. The third kappa shape index (κ3) is 5.60. The Bertz CT molecular complexity index is 962. The highest BCUT2D eigenvalue weighted by atomic mass is 19.4. The van der Waals surface area contributed by atoms with E-state index in [4.69, 9.17) is 9.84 Å². The Kier molecular flexibility index (Phi) is 6.22. The van der Waals surface area contributed by atoms with Gasteiger partial charge in [-0.3, -0.25) is 4.79 Å². The Labute approximate surface area is 166 Å². The van der Waals surface area contributed by atoms with Crippen LogP contribution in [0.25, 0.3) is 11.1 Å². The Morgan fingerprint density at radius 1 is 0.897 bits per heavy atom. The SMILES string of the molecule is O=C(O)CCc1ccc(OCc2ccccc2-c2ccc(C(F)(F)F)cc2)cc1. The van der Waals surface area contributed by atoms with Crippen LogP contribution in [0, 0.1) is 0 Å². The van der Waals surface area contributed by atoms with Crippen molar-refractivity contribution in [1.29, 1.82) is 0 Å². The monoisotopic (exact) mass is 400 g/mol. The van der Waals surface area contributed by atoms with Gasteiger partial charge in [0, 0.05) is 6.42 Å². The van der Waals surface area contributed by atoms with Crippen molar-refractivity contribution in [3.8, 4) is 16.9 Å². The fourth-order valence-corrected chi connectivity index (χ4v) is 2.93. The lowest BCUT2D eigenvalue weighted by Gasteiger charge is -2.13. The molecule has 1 N–H and O–H groups in total. The first-order valence-corrected chi connectivity index (χ1v) is 9.02. The second kappa shape index (κ2) is 8.82. The van der Waals surface area contributed by atoms with Gasteiger partial charge in [-0.2, -0.15) is 13.2 Å². The van der Waals surface area contributed by atoms with Gasteiger partial charge in [-0.05, 0) is 52.9 Å². The number of aliphatic carboxylic acids is 1. The lowest BCUT2D eigenvalue weighted by molar-refractivity contribution is -0.138. The molecule has 0 saturated carbocycles. The number of carboxylic acids is 1. The molecule has 29 heavy (non-hydrogen) atoms. The van der Waals surface area contributed by atoms with Crippen LogP contribution in [-0.2, 0) is 24.0 Å². The average molecular weight is 400 g/mol. The molecule has 6 heteroatoms. The number of hydrogen-bond acceptors (Lipinski definition) is 2. The van der Waals surface area contributed by atoms with Crippen molar-refractivity contribution in [2.75, 3.05) is 0 Å². The summed E-state index contributed by atoms with van der Waals surface area (Å²) < 4.78 is 44.1. The number of alkyl halides is 3. The summed E-state index contributed by atoms with van der Waals surface area (Å²) >= 11 is 0. The molecule has 0 spiro atoms. The summed E-state index contributed by atoms with van der Waals surface area (Å²) in [5.41, 5.74) is 2.56. The van der Waals surface area contributed by atoms with E-state index in [1.165, 1.54) is 12.1 Å². The van der Waals surface area contributed by atoms with E-state index in [0.717, 1.165) is 28.8 Å². The molecule has 0 aliphatic rings. The molecule has 0 amide bonds. The number of ether oxygens (including phenoxy) is 1. The summed E-state index contributed by atoms with van der Waals surface area (Å²) in [7, 11) is 0. The van der Waals surface area contributed by atoms with Gasteiger partial charge >= 0.3 is 12.1 Å². The van der Waals surface area contributed by atoms with Crippen LogP contribution < -0.4 is 4.74 Å². The molecule has 150 valence electrons. The largest absolute Gasteiger partial charge is 0.489 e. The van der Waals surface area contributed by atoms with E-state index in [1.807, 2.05) is 36.4 Å². The number of halogens is 3. The maximum absolute atomic E-state index is 12.8. The minimum atomic E-state index is -4.36. The first kappa shape index (κ1) is 20.5. The van der Waals surface area contributed by atoms with Crippen LogP contribution in [0.1, 0.15) is 23.1 Å². The second-order valence-corrected chi connectivity index (χ2v) is 6.56. The van der Waals surface area contributed by atoms with Crippen LogP contribution in [0.5, 0.6) is 5.75 Å². The van der Waals surface area contributed by atoms with Gasteiger partial charge in [-0.15, -0.1) is 0 Å². The summed E-state index contributed by atoms with van der Waals surface area (Å²) in [6.45, 7) is 0.256. The highest BCUT2D eigenvalue weighted by Crippen LogP contribution is 2.32. The van der Waals surface area contributed by atoms with E-state index in [2.05, 4.69) is 0 Å². The van der Waals surface area contributed by atoms with Gasteiger partial charge in [0.15, 0.2) is 0 Å². The minimum absolute atomic E-state index is 0.0701. The predicted octanol–water partition coefficient (Wildman–Crippen LogP) is 5.97. The fraction of sp³-hybridized carbons (Fsp3) is 0.174.